The fourth-order valence-corrected chi connectivity index (χ4v) is 5.31. The lowest BCUT2D eigenvalue weighted by atomic mass is 9.90. The zero-order valence-electron chi connectivity index (χ0n) is 23.3. The molecule has 1 amide bonds. The number of anilines is 1. The maximum atomic E-state index is 15.5. The normalized spacial score (nSPS) is 17.6. The van der Waals surface area contributed by atoms with E-state index in [9.17, 15) is 23.8 Å². The van der Waals surface area contributed by atoms with Gasteiger partial charge in [0.1, 0.15) is 5.82 Å². The van der Waals surface area contributed by atoms with Gasteiger partial charge >= 0.3 is 6.29 Å². The van der Waals surface area contributed by atoms with E-state index in [1.807, 2.05) is 19.9 Å². The average molecular weight is 577 g/mol. The van der Waals surface area contributed by atoms with Crippen molar-refractivity contribution in [3.05, 3.63) is 53.5 Å². The molecule has 41 heavy (non-hydrogen) atoms. The van der Waals surface area contributed by atoms with Gasteiger partial charge in [-0.15, -0.1) is 8.78 Å². The Balaban J connectivity index is 1.43. The molecule has 1 aliphatic carbocycles. The van der Waals surface area contributed by atoms with Gasteiger partial charge < -0.3 is 34.3 Å². The number of amides is 1. The molecule has 3 N–H and O–H groups in total. The molecule has 2 aliphatic rings. The molecule has 1 fully saturated rings. The summed E-state index contributed by atoms with van der Waals surface area (Å²) < 4.78 is 59.1. The molecule has 8 nitrogen and oxygen atoms in total. The third kappa shape index (κ3) is 5.75. The Labute approximate surface area is 236 Å². The molecule has 1 saturated carbocycles. The molecule has 0 unspecified atom stereocenters. The Morgan fingerprint density at radius 3 is 2.59 bits per heavy atom. The SMILES string of the molecule is CCCCOCC(C)(C)c1cc2cc(NC(=O)C3(c4ccc5c(c4)OC(F)(F)O5)CC3)c(F)cc2n1C[C@@H](O)CO. The lowest BCUT2D eigenvalue weighted by molar-refractivity contribution is -0.286. The predicted molar refractivity (Wildman–Crippen MR) is 146 cm³/mol. The first-order chi connectivity index (χ1) is 19.4. The summed E-state index contributed by atoms with van der Waals surface area (Å²) in [5, 5.41) is 23.1. The van der Waals surface area contributed by atoms with E-state index >= 15 is 4.39 Å². The van der Waals surface area contributed by atoms with Gasteiger partial charge in [-0.3, -0.25) is 4.79 Å². The number of carbonyl (C=O) groups is 1. The summed E-state index contributed by atoms with van der Waals surface area (Å²) in [5.74, 6) is -1.40. The van der Waals surface area contributed by atoms with E-state index < -0.39 is 41.6 Å². The maximum absolute atomic E-state index is 15.5. The number of aromatic nitrogens is 1. The van der Waals surface area contributed by atoms with Crippen molar-refractivity contribution in [1.82, 2.24) is 4.57 Å². The van der Waals surface area contributed by atoms with Gasteiger partial charge in [-0.2, -0.15) is 0 Å². The molecule has 2 aromatic carbocycles. The van der Waals surface area contributed by atoms with Crippen LogP contribution in [0.15, 0.2) is 36.4 Å². The minimum atomic E-state index is -3.77. The number of hydrogen-bond donors (Lipinski definition) is 3. The van der Waals surface area contributed by atoms with Gasteiger partial charge in [0.2, 0.25) is 5.91 Å². The molecule has 2 heterocycles. The van der Waals surface area contributed by atoms with Crippen molar-refractivity contribution in [2.45, 2.75) is 76.2 Å². The lowest BCUT2D eigenvalue weighted by Gasteiger charge is -2.27. The van der Waals surface area contributed by atoms with Crippen LogP contribution in [0.25, 0.3) is 10.9 Å². The van der Waals surface area contributed by atoms with Gasteiger partial charge in [0.25, 0.3) is 0 Å². The number of hydrogen-bond acceptors (Lipinski definition) is 6. The summed E-state index contributed by atoms with van der Waals surface area (Å²) >= 11 is 0. The number of alkyl halides is 2. The number of aliphatic hydroxyl groups is 2. The molecule has 1 atom stereocenters. The smallest absolute Gasteiger partial charge is 0.395 e. The van der Waals surface area contributed by atoms with Crippen LogP contribution < -0.4 is 14.8 Å². The van der Waals surface area contributed by atoms with Crippen LogP contribution in [-0.4, -0.2) is 52.9 Å². The zero-order valence-corrected chi connectivity index (χ0v) is 23.3. The van der Waals surface area contributed by atoms with Gasteiger partial charge in [0.15, 0.2) is 11.5 Å². The van der Waals surface area contributed by atoms with Gasteiger partial charge in [-0.05, 0) is 49.1 Å². The molecule has 0 radical (unpaired) electrons. The van der Waals surface area contributed by atoms with Crippen molar-refractivity contribution < 1.29 is 42.4 Å². The van der Waals surface area contributed by atoms with Gasteiger partial charge in [0, 0.05) is 29.2 Å². The maximum Gasteiger partial charge on any atom is 0.586 e. The van der Waals surface area contributed by atoms with Crippen LogP contribution in [0, 0.1) is 5.82 Å². The first-order valence-electron chi connectivity index (χ1n) is 13.8. The van der Waals surface area contributed by atoms with E-state index in [0.29, 0.717) is 42.5 Å². The number of rotatable bonds is 12. The molecule has 11 heteroatoms. The Bertz CT molecular complexity index is 1450. The summed E-state index contributed by atoms with van der Waals surface area (Å²) in [6.45, 7) is 6.66. The average Bonchev–Trinajstić information content (AvgIpc) is 3.57. The highest BCUT2D eigenvalue weighted by Crippen LogP contribution is 2.52. The van der Waals surface area contributed by atoms with Crippen molar-refractivity contribution in [3.63, 3.8) is 0 Å². The highest BCUT2D eigenvalue weighted by molar-refractivity contribution is 6.02. The number of unbranched alkanes of at least 4 members (excludes halogenated alkanes) is 1. The van der Waals surface area contributed by atoms with Crippen molar-refractivity contribution in [2.75, 3.05) is 25.1 Å². The van der Waals surface area contributed by atoms with Crippen LogP contribution in [-0.2, 0) is 26.9 Å². The molecular formula is C30H35F3N2O6. The Hall–Kier alpha value is -3.28. The molecule has 5 rings (SSSR count). The fraction of sp³-hybridized carbons (Fsp3) is 0.500. The van der Waals surface area contributed by atoms with Crippen LogP contribution in [0.2, 0.25) is 0 Å². The lowest BCUT2D eigenvalue weighted by Crippen LogP contribution is -2.30. The topological polar surface area (TPSA) is 102 Å². The van der Waals surface area contributed by atoms with E-state index in [1.165, 1.54) is 24.3 Å². The summed E-state index contributed by atoms with van der Waals surface area (Å²) in [4.78, 5) is 13.4. The van der Waals surface area contributed by atoms with E-state index in [1.54, 1.807) is 10.6 Å². The molecular weight excluding hydrogens is 541 g/mol. The second-order valence-electron chi connectivity index (χ2n) is 11.5. The summed E-state index contributed by atoms with van der Waals surface area (Å²) in [7, 11) is 0. The first-order valence-corrected chi connectivity index (χ1v) is 13.8. The quantitative estimate of drug-likeness (QED) is 0.256. The fourth-order valence-electron chi connectivity index (χ4n) is 5.31. The molecule has 1 aliphatic heterocycles. The van der Waals surface area contributed by atoms with Gasteiger partial charge in [0.05, 0.1) is 42.5 Å². The third-order valence-electron chi connectivity index (χ3n) is 7.78. The van der Waals surface area contributed by atoms with E-state index in [-0.39, 0.29) is 23.7 Å². The molecule has 3 aromatic rings. The van der Waals surface area contributed by atoms with Crippen LogP contribution >= 0.6 is 0 Å². The number of nitrogens with one attached hydrogen (secondary N) is 1. The number of fused-ring (bicyclic) bond motifs is 2. The summed E-state index contributed by atoms with van der Waals surface area (Å²) in [6.07, 6.45) is -1.97. The van der Waals surface area contributed by atoms with Gasteiger partial charge in [-0.25, -0.2) is 4.39 Å². The zero-order chi connectivity index (χ0) is 29.6. The minimum absolute atomic E-state index is 0.0236. The number of nitrogens with zero attached hydrogens (tertiary/aromatic N) is 1. The summed E-state index contributed by atoms with van der Waals surface area (Å²) in [6, 6.07) is 8.96. The van der Waals surface area contributed by atoms with Crippen LogP contribution in [0.4, 0.5) is 18.9 Å². The third-order valence-corrected chi connectivity index (χ3v) is 7.78. The molecule has 222 valence electrons. The molecule has 1 aromatic heterocycles. The second-order valence-corrected chi connectivity index (χ2v) is 11.5. The highest BCUT2D eigenvalue weighted by atomic mass is 19.3. The first kappa shape index (κ1) is 29.2. The molecule has 0 saturated heterocycles. The Morgan fingerprint density at radius 2 is 1.90 bits per heavy atom. The number of benzene rings is 2. The van der Waals surface area contributed by atoms with E-state index in [4.69, 9.17) is 4.74 Å². The molecule has 0 bridgehead atoms. The number of halogens is 3. The van der Waals surface area contributed by atoms with Crippen LogP contribution in [0.3, 0.4) is 0 Å². The number of aliphatic hydroxyl groups excluding tert-OH is 2. The standard InChI is InChI=1S/C30H35F3N2O6/c1-4-5-10-39-17-28(2,3)26-12-18-11-22(21(31)14-23(18)35(26)15-20(37)16-36)34-27(38)29(8-9-29)19-6-7-24-25(13-19)41-30(32,33)40-24/h6-7,11-14,20,36-37H,4-5,8-10,15-17H2,1-3H3,(H,34,38)/t20-/m1/s1. The van der Waals surface area contributed by atoms with Crippen LogP contribution in [0.1, 0.15) is 57.7 Å². The van der Waals surface area contributed by atoms with Crippen LogP contribution in [0.5, 0.6) is 11.5 Å². The van der Waals surface area contributed by atoms with E-state index in [0.717, 1.165) is 18.5 Å². The summed E-state index contributed by atoms with van der Waals surface area (Å²) in [5.41, 5.74) is 0.239. The van der Waals surface area contributed by atoms with Crippen molar-refractivity contribution >= 4 is 22.5 Å². The van der Waals surface area contributed by atoms with E-state index in [2.05, 4.69) is 21.7 Å². The number of carbonyl (C=O) groups excluding carboxylic acids is 1. The largest absolute Gasteiger partial charge is 0.586 e. The van der Waals surface area contributed by atoms with Crippen molar-refractivity contribution in [3.8, 4) is 11.5 Å². The van der Waals surface area contributed by atoms with Gasteiger partial charge in [-0.1, -0.05) is 33.3 Å². The predicted octanol–water partition coefficient (Wildman–Crippen LogP) is 5.22. The monoisotopic (exact) mass is 576 g/mol. The highest BCUT2D eigenvalue weighted by Gasteiger charge is 2.53. The van der Waals surface area contributed by atoms with Crippen molar-refractivity contribution in [2.24, 2.45) is 0 Å². The number of ether oxygens (including phenoxy) is 3. The molecule has 0 spiro atoms. The van der Waals surface area contributed by atoms with Crippen molar-refractivity contribution in [1.29, 1.82) is 0 Å². The Morgan fingerprint density at radius 1 is 1.17 bits per heavy atom. The minimum Gasteiger partial charge on any atom is -0.395 e. The second kappa shape index (κ2) is 10.8. The Kier molecular flexibility index (Phi) is 7.73.